The Morgan fingerprint density at radius 3 is 2.81 bits per heavy atom. The first-order valence-electron chi connectivity index (χ1n) is 7.03. The molecule has 6 nitrogen and oxygen atoms in total. The fourth-order valence-electron chi connectivity index (χ4n) is 1.99. The largest absolute Gasteiger partial charge is 0.491 e. The van der Waals surface area contributed by atoms with Crippen molar-refractivity contribution in [1.82, 2.24) is 10.2 Å². The van der Waals surface area contributed by atoms with Crippen molar-refractivity contribution in [2.45, 2.75) is 26.7 Å². The van der Waals surface area contributed by atoms with E-state index in [-0.39, 0.29) is 5.69 Å². The van der Waals surface area contributed by atoms with E-state index in [1.165, 1.54) is 0 Å². The molecule has 6 heteroatoms. The Balaban J connectivity index is 2.33. The Bertz CT molecular complexity index is 622. The monoisotopic (exact) mass is 288 g/mol. The van der Waals surface area contributed by atoms with Crippen molar-refractivity contribution in [3.05, 3.63) is 35.7 Å². The van der Waals surface area contributed by atoms with Gasteiger partial charge in [0.25, 0.3) is 5.91 Å². The normalized spacial score (nSPS) is 10.4. The number of nitrogens with zero attached hydrogens (tertiary/aromatic N) is 1. The minimum Gasteiger partial charge on any atom is -0.491 e. The lowest BCUT2D eigenvalue weighted by atomic mass is 10.2. The Morgan fingerprint density at radius 2 is 2.14 bits per heavy atom. The number of aromatic nitrogens is 2. The number of amides is 1. The number of rotatable bonds is 7. The van der Waals surface area contributed by atoms with Crippen LogP contribution in [0.5, 0.6) is 5.75 Å². The molecule has 0 aliphatic rings. The standard InChI is InChI=1S/C15H20N4O2/c1-3-9-21-12-8-6-5-7-11(12)17-13-10(4-2)18-19-14(13)15(16)20/h5-8,17H,3-4,9H2,1-2H3,(H2,16,20)(H,18,19). The van der Waals surface area contributed by atoms with Crippen LogP contribution in [0.1, 0.15) is 36.5 Å². The average Bonchev–Trinajstić information content (AvgIpc) is 2.89. The number of benzene rings is 1. The lowest BCUT2D eigenvalue weighted by Gasteiger charge is -2.13. The Kier molecular flexibility index (Phi) is 4.81. The highest BCUT2D eigenvalue weighted by molar-refractivity contribution is 5.98. The quantitative estimate of drug-likeness (QED) is 0.730. The minimum absolute atomic E-state index is 0.275. The number of carbonyl (C=O) groups excluding carboxylic acids is 1. The number of para-hydroxylation sites is 2. The van der Waals surface area contributed by atoms with Gasteiger partial charge in [-0.15, -0.1) is 0 Å². The molecule has 1 aromatic heterocycles. The van der Waals surface area contributed by atoms with Gasteiger partial charge in [-0.25, -0.2) is 0 Å². The molecular weight excluding hydrogens is 268 g/mol. The van der Waals surface area contributed by atoms with Gasteiger partial charge in [-0.3, -0.25) is 9.89 Å². The molecule has 21 heavy (non-hydrogen) atoms. The van der Waals surface area contributed by atoms with Crippen molar-refractivity contribution < 1.29 is 9.53 Å². The number of ether oxygens (including phenoxy) is 1. The lowest BCUT2D eigenvalue weighted by molar-refractivity contribution is 0.0996. The molecule has 0 atom stereocenters. The van der Waals surface area contributed by atoms with Crippen molar-refractivity contribution in [1.29, 1.82) is 0 Å². The zero-order valence-corrected chi connectivity index (χ0v) is 12.3. The molecule has 0 saturated heterocycles. The van der Waals surface area contributed by atoms with Crippen molar-refractivity contribution >= 4 is 17.3 Å². The lowest BCUT2D eigenvalue weighted by Crippen LogP contribution is -2.13. The molecule has 0 spiro atoms. The first kappa shape index (κ1) is 14.9. The van der Waals surface area contributed by atoms with Crippen LogP contribution in [0.3, 0.4) is 0 Å². The number of hydrogen-bond donors (Lipinski definition) is 3. The molecule has 0 radical (unpaired) electrons. The summed E-state index contributed by atoms with van der Waals surface area (Å²) in [6.45, 7) is 4.64. The number of nitrogens with one attached hydrogen (secondary N) is 2. The molecular formula is C15H20N4O2. The number of aromatic amines is 1. The van der Waals surface area contributed by atoms with Crippen molar-refractivity contribution in [2.75, 3.05) is 11.9 Å². The number of aryl methyl sites for hydroxylation is 1. The molecule has 2 rings (SSSR count). The van der Waals surface area contributed by atoms with Crippen LogP contribution in [0.4, 0.5) is 11.4 Å². The highest BCUT2D eigenvalue weighted by Gasteiger charge is 2.17. The number of carbonyl (C=O) groups is 1. The number of H-pyrrole nitrogens is 1. The second-order valence-corrected chi connectivity index (χ2v) is 4.61. The summed E-state index contributed by atoms with van der Waals surface area (Å²) in [5.74, 6) is 0.190. The Labute approximate surface area is 123 Å². The molecule has 0 fully saturated rings. The SMILES string of the molecule is CCCOc1ccccc1Nc1c(CC)n[nH]c1C(N)=O. The van der Waals surface area contributed by atoms with Crippen LogP contribution in [0.25, 0.3) is 0 Å². The summed E-state index contributed by atoms with van der Waals surface area (Å²) in [6, 6.07) is 7.58. The molecule has 1 heterocycles. The number of primary amides is 1. The third-order valence-corrected chi connectivity index (χ3v) is 3.03. The molecule has 2 aromatic rings. The van der Waals surface area contributed by atoms with E-state index >= 15 is 0 Å². The van der Waals surface area contributed by atoms with Crippen LogP contribution in [-0.4, -0.2) is 22.7 Å². The maximum Gasteiger partial charge on any atom is 0.268 e. The van der Waals surface area contributed by atoms with E-state index in [2.05, 4.69) is 15.5 Å². The summed E-state index contributed by atoms with van der Waals surface area (Å²) in [7, 11) is 0. The van der Waals surface area contributed by atoms with E-state index in [4.69, 9.17) is 10.5 Å². The summed E-state index contributed by atoms with van der Waals surface area (Å²) < 4.78 is 5.70. The van der Waals surface area contributed by atoms with Gasteiger partial charge in [0, 0.05) is 0 Å². The maximum atomic E-state index is 11.5. The molecule has 0 bridgehead atoms. The minimum atomic E-state index is -0.545. The van der Waals surface area contributed by atoms with E-state index in [0.29, 0.717) is 18.7 Å². The predicted molar refractivity (Wildman–Crippen MR) is 82.0 cm³/mol. The van der Waals surface area contributed by atoms with Gasteiger partial charge in [0.05, 0.1) is 23.7 Å². The van der Waals surface area contributed by atoms with Crippen LogP contribution in [-0.2, 0) is 6.42 Å². The molecule has 0 aliphatic carbocycles. The Hall–Kier alpha value is -2.50. The van der Waals surface area contributed by atoms with Gasteiger partial charge >= 0.3 is 0 Å². The van der Waals surface area contributed by atoms with E-state index < -0.39 is 5.91 Å². The van der Waals surface area contributed by atoms with E-state index in [9.17, 15) is 4.79 Å². The predicted octanol–water partition coefficient (Wildman–Crippen LogP) is 2.60. The molecule has 0 saturated carbocycles. The van der Waals surface area contributed by atoms with Crippen molar-refractivity contribution in [3.63, 3.8) is 0 Å². The molecule has 1 amide bonds. The summed E-state index contributed by atoms with van der Waals surface area (Å²) in [6.07, 6.45) is 1.61. The van der Waals surface area contributed by atoms with Gasteiger partial charge in [0.15, 0.2) is 0 Å². The van der Waals surface area contributed by atoms with Crippen molar-refractivity contribution in [3.8, 4) is 5.75 Å². The highest BCUT2D eigenvalue weighted by atomic mass is 16.5. The topological polar surface area (TPSA) is 93.0 Å². The maximum absolute atomic E-state index is 11.5. The zero-order chi connectivity index (χ0) is 15.2. The first-order chi connectivity index (χ1) is 10.2. The highest BCUT2D eigenvalue weighted by Crippen LogP contribution is 2.30. The van der Waals surface area contributed by atoms with Gasteiger partial charge in [0.2, 0.25) is 0 Å². The van der Waals surface area contributed by atoms with Crippen molar-refractivity contribution in [2.24, 2.45) is 5.73 Å². The van der Waals surface area contributed by atoms with Crippen LogP contribution in [0, 0.1) is 0 Å². The third-order valence-electron chi connectivity index (χ3n) is 3.03. The van der Waals surface area contributed by atoms with Gasteiger partial charge < -0.3 is 15.8 Å². The molecule has 4 N–H and O–H groups in total. The molecule has 112 valence electrons. The smallest absolute Gasteiger partial charge is 0.268 e. The number of nitrogens with two attached hydrogens (primary N) is 1. The van der Waals surface area contributed by atoms with Crippen LogP contribution < -0.4 is 15.8 Å². The average molecular weight is 288 g/mol. The Morgan fingerprint density at radius 1 is 1.38 bits per heavy atom. The fraction of sp³-hybridized carbons (Fsp3) is 0.333. The van der Waals surface area contributed by atoms with Crippen LogP contribution in [0.15, 0.2) is 24.3 Å². The fourth-order valence-corrected chi connectivity index (χ4v) is 1.99. The first-order valence-corrected chi connectivity index (χ1v) is 7.03. The molecule has 0 unspecified atom stereocenters. The van der Waals surface area contributed by atoms with E-state index in [0.717, 1.165) is 23.6 Å². The van der Waals surface area contributed by atoms with Gasteiger partial charge in [-0.05, 0) is 25.0 Å². The third kappa shape index (κ3) is 3.34. The summed E-state index contributed by atoms with van der Waals surface area (Å²) in [5, 5.41) is 10.0. The van der Waals surface area contributed by atoms with Gasteiger partial charge in [-0.1, -0.05) is 26.0 Å². The van der Waals surface area contributed by atoms with Crippen LogP contribution in [0.2, 0.25) is 0 Å². The second-order valence-electron chi connectivity index (χ2n) is 4.61. The van der Waals surface area contributed by atoms with E-state index in [1.807, 2.05) is 38.1 Å². The van der Waals surface area contributed by atoms with Crippen LogP contribution >= 0.6 is 0 Å². The van der Waals surface area contributed by atoms with Gasteiger partial charge in [-0.2, -0.15) is 5.10 Å². The zero-order valence-electron chi connectivity index (χ0n) is 12.3. The summed E-state index contributed by atoms with van der Waals surface area (Å²) >= 11 is 0. The van der Waals surface area contributed by atoms with Gasteiger partial charge in [0.1, 0.15) is 11.4 Å². The van der Waals surface area contributed by atoms with E-state index in [1.54, 1.807) is 0 Å². The summed E-state index contributed by atoms with van der Waals surface area (Å²) in [4.78, 5) is 11.5. The molecule has 1 aromatic carbocycles. The molecule has 0 aliphatic heterocycles. The second kappa shape index (κ2) is 6.78. The number of hydrogen-bond acceptors (Lipinski definition) is 4. The number of anilines is 2. The summed E-state index contributed by atoms with van der Waals surface area (Å²) in [5.41, 5.74) is 7.80.